The molecule has 0 unspecified atom stereocenters. The van der Waals surface area contributed by atoms with Crippen molar-refractivity contribution in [2.45, 2.75) is 38.6 Å². The van der Waals surface area contributed by atoms with E-state index in [9.17, 15) is 4.79 Å². The Labute approximate surface area is 142 Å². The van der Waals surface area contributed by atoms with E-state index in [1.807, 2.05) is 30.0 Å². The van der Waals surface area contributed by atoms with Crippen molar-refractivity contribution in [3.8, 4) is 0 Å². The van der Waals surface area contributed by atoms with Crippen LogP contribution in [-0.2, 0) is 11.2 Å². The highest BCUT2D eigenvalue weighted by Gasteiger charge is 2.31. The van der Waals surface area contributed by atoms with Gasteiger partial charge in [-0.05, 0) is 44.4 Å². The Kier molecular flexibility index (Phi) is 4.10. The van der Waals surface area contributed by atoms with E-state index in [4.69, 9.17) is 4.52 Å². The largest absolute Gasteiger partial charge is 0.361 e. The number of aromatic nitrogens is 1. The van der Waals surface area contributed by atoms with Crippen LogP contribution in [0, 0.1) is 6.92 Å². The van der Waals surface area contributed by atoms with Gasteiger partial charge in [-0.15, -0.1) is 0 Å². The predicted molar refractivity (Wildman–Crippen MR) is 91.9 cm³/mol. The standard InChI is InChI=1S/C19H23N3O2/c1-14-12-16(20-24-14)18-8-4-5-10-21(18)13-19(23)22-11-9-15-6-2-3-7-17(15)22/h2-3,6-7,12,18H,4-5,8-11,13H2,1H3/t18-/m1/s1. The second kappa shape index (κ2) is 6.40. The molecule has 24 heavy (non-hydrogen) atoms. The van der Waals surface area contributed by atoms with Crippen LogP contribution in [0.25, 0.3) is 0 Å². The Morgan fingerprint density at radius 2 is 2.17 bits per heavy atom. The first-order valence-electron chi connectivity index (χ1n) is 8.78. The third-order valence-electron chi connectivity index (χ3n) is 5.13. The molecular formula is C19H23N3O2. The lowest BCUT2D eigenvalue weighted by Crippen LogP contribution is -2.43. The molecule has 1 amide bonds. The molecule has 0 N–H and O–H groups in total. The van der Waals surface area contributed by atoms with Crippen LogP contribution in [0.4, 0.5) is 5.69 Å². The van der Waals surface area contributed by atoms with Crippen LogP contribution in [0.15, 0.2) is 34.9 Å². The quantitative estimate of drug-likeness (QED) is 0.870. The predicted octanol–water partition coefficient (Wildman–Crippen LogP) is 3.10. The highest BCUT2D eigenvalue weighted by Crippen LogP contribution is 2.32. The van der Waals surface area contributed by atoms with Gasteiger partial charge in [0.25, 0.3) is 0 Å². The topological polar surface area (TPSA) is 49.6 Å². The number of benzene rings is 1. The number of amides is 1. The van der Waals surface area contributed by atoms with E-state index in [1.165, 1.54) is 12.0 Å². The van der Waals surface area contributed by atoms with Gasteiger partial charge in [-0.1, -0.05) is 29.8 Å². The zero-order valence-corrected chi connectivity index (χ0v) is 14.1. The smallest absolute Gasteiger partial charge is 0.241 e. The van der Waals surface area contributed by atoms with Crippen molar-refractivity contribution in [2.24, 2.45) is 0 Å². The molecule has 0 radical (unpaired) electrons. The van der Waals surface area contributed by atoms with Crippen molar-refractivity contribution in [2.75, 3.05) is 24.5 Å². The summed E-state index contributed by atoms with van der Waals surface area (Å²) in [4.78, 5) is 17.1. The highest BCUT2D eigenvalue weighted by atomic mass is 16.5. The van der Waals surface area contributed by atoms with E-state index in [0.29, 0.717) is 6.54 Å². The minimum atomic E-state index is 0.187. The van der Waals surface area contributed by atoms with Gasteiger partial charge in [0.05, 0.1) is 12.6 Å². The van der Waals surface area contributed by atoms with Gasteiger partial charge in [0, 0.05) is 18.3 Å². The summed E-state index contributed by atoms with van der Waals surface area (Å²) < 4.78 is 5.25. The van der Waals surface area contributed by atoms with Gasteiger partial charge in [0.2, 0.25) is 5.91 Å². The number of rotatable bonds is 3. The number of anilines is 1. The van der Waals surface area contributed by atoms with Gasteiger partial charge in [-0.2, -0.15) is 0 Å². The SMILES string of the molecule is Cc1cc([C@H]2CCCCN2CC(=O)N2CCc3ccccc32)no1. The first kappa shape index (κ1) is 15.4. The number of hydrogen-bond donors (Lipinski definition) is 0. The molecule has 0 aliphatic carbocycles. The zero-order chi connectivity index (χ0) is 16.5. The Morgan fingerprint density at radius 3 is 3.00 bits per heavy atom. The number of carbonyl (C=O) groups is 1. The number of hydrogen-bond acceptors (Lipinski definition) is 4. The molecule has 0 bridgehead atoms. The molecule has 1 fully saturated rings. The van der Waals surface area contributed by atoms with E-state index >= 15 is 0 Å². The lowest BCUT2D eigenvalue weighted by molar-refractivity contribution is -0.120. The van der Waals surface area contributed by atoms with Crippen molar-refractivity contribution in [3.63, 3.8) is 0 Å². The second-order valence-electron chi connectivity index (χ2n) is 6.77. The summed E-state index contributed by atoms with van der Waals surface area (Å²) in [6, 6.07) is 10.4. The number of fused-ring (bicyclic) bond motifs is 1. The molecule has 2 aliphatic rings. The molecular weight excluding hydrogens is 302 g/mol. The van der Waals surface area contributed by atoms with Crippen LogP contribution in [0.2, 0.25) is 0 Å². The monoisotopic (exact) mass is 325 g/mol. The molecule has 5 heteroatoms. The fraction of sp³-hybridized carbons (Fsp3) is 0.474. The highest BCUT2D eigenvalue weighted by molar-refractivity contribution is 5.96. The fourth-order valence-electron chi connectivity index (χ4n) is 3.91. The maximum atomic E-state index is 12.9. The summed E-state index contributed by atoms with van der Waals surface area (Å²) in [7, 11) is 0. The molecule has 1 aromatic heterocycles. The number of aryl methyl sites for hydroxylation is 1. The summed E-state index contributed by atoms with van der Waals surface area (Å²) in [5.74, 6) is 1.02. The average molecular weight is 325 g/mol. The average Bonchev–Trinajstić information content (AvgIpc) is 3.21. The van der Waals surface area contributed by atoms with Crippen LogP contribution in [-0.4, -0.2) is 35.6 Å². The maximum Gasteiger partial charge on any atom is 0.241 e. The van der Waals surface area contributed by atoms with Crippen LogP contribution < -0.4 is 4.90 Å². The Balaban J connectivity index is 1.50. The fourth-order valence-corrected chi connectivity index (χ4v) is 3.91. The first-order valence-corrected chi connectivity index (χ1v) is 8.78. The minimum absolute atomic E-state index is 0.187. The van der Waals surface area contributed by atoms with E-state index in [2.05, 4.69) is 22.2 Å². The Bertz CT molecular complexity index is 740. The van der Waals surface area contributed by atoms with Gasteiger partial charge >= 0.3 is 0 Å². The number of carbonyl (C=O) groups excluding carboxylic acids is 1. The van der Waals surface area contributed by atoms with Crippen LogP contribution in [0.3, 0.4) is 0 Å². The molecule has 4 rings (SSSR count). The summed E-state index contributed by atoms with van der Waals surface area (Å²) in [6.45, 7) is 4.10. The van der Waals surface area contributed by atoms with E-state index in [1.54, 1.807) is 0 Å². The number of para-hydroxylation sites is 1. The second-order valence-corrected chi connectivity index (χ2v) is 6.77. The van der Waals surface area contributed by atoms with Crippen LogP contribution in [0.5, 0.6) is 0 Å². The van der Waals surface area contributed by atoms with Gasteiger partial charge in [0.1, 0.15) is 11.5 Å². The van der Waals surface area contributed by atoms with E-state index < -0.39 is 0 Å². The van der Waals surface area contributed by atoms with Crippen molar-refractivity contribution in [1.82, 2.24) is 10.1 Å². The van der Waals surface area contributed by atoms with Crippen molar-refractivity contribution in [3.05, 3.63) is 47.3 Å². The number of likely N-dealkylation sites (tertiary alicyclic amines) is 1. The molecule has 1 saturated heterocycles. The first-order chi connectivity index (χ1) is 11.7. The third kappa shape index (κ3) is 2.84. The minimum Gasteiger partial charge on any atom is -0.361 e. The molecule has 2 aliphatic heterocycles. The number of piperidine rings is 1. The third-order valence-corrected chi connectivity index (χ3v) is 5.13. The molecule has 3 heterocycles. The molecule has 126 valence electrons. The maximum absolute atomic E-state index is 12.9. The van der Waals surface area contributed by atoms with Crippen molar-refractivity contribution < 1.29 is 9.32 Å². The van der Waals surface area contributed by atoms with Crippen LogP contribution >= 0.6 is 0 Å². The van der Waals surface area contributed by atoms with Crippen molar-refractivity contribution >= 4 is 11.6 Å². The normalized spacial score (nSPS) is 21.0. The lowest BCUT2D eigenvalue weighted by atomic mass is 9.99. The van der Waals surface area contributed by atoms with E-state index in [-0.39, 0.29) is 11.9 Å². The molecule has 2 aromatic rings. The lowest BCUT2D eigenvalue weighted by Gasteiger charge is -2.34. The van der Waals surface area contributed by atoms with Gasteiger partial charge in [-0.3, -0.25) is 9.69 Å². The van der Waals surface area contributed by atoms with Gasteiger partial charge in [-0.25, -0.2) is 0 Å². The van der Waals surface area contributed by atoms with Gasteiger partial charge in [0.15, 0.2) is 0 Å². The number of nitrogens with zero attached hydrogens (tertiary/aromatic N) is 3. The Morgan fingerprint density at radius 1 is 1.29 bits per heavy atom. The summed E-state index contributed by atoms with van der Waals surface area (Å²) in [5.41, 5.74) is 3.31. The Hall–Kier alpha value is -2.14. The summed E-state index contributed by atoms with van der Waals surface area (Å²) >= 11 is 0. The van der Waals surface area contributed by atoms with Crippen LogP contribution in [0.1, 0.15) is 42.3 Å². The van der Waals surface area contributed by atoms with Crippen molar-refractivity contribution in [1.29, 1.82) is 0 Å². The van der Waals surface area contributed by atoms with E-state index in [0.717, 1.165) is 49.5 Å². The molecule has 0 spiro atoms. The van der Waals surface area contributed by atoms with Gasteiger partial charge < -0.3 is 9.42 Å². The molecule has 1 atom stereocenters. The summed E-state index contributed by atoms with van der Waals surface area (Å²) in [5, 5.41) is 4.19. The molecule has 0 saturated carbocycles. The zero-order valence-electron chi connectivity index (χ0n) is 14.1. The molecule has 1 aromatic carbocycles. The summed E-state index contributed by atoms with van der Waals surface area (Å²) in [6.07, 6.45) is 4.30. The molecule has 5 nitrogen and oxygen atoms in total.